The van der Waals surface area contributed by atoms with E-state index in [2.05, 4.69) is 5.10 Å². The van der Waals surface area contributed by atoms with Crippen LogP contribution in [-0.2, 0) is 27.5 Å². The van der Waals surface area contributed by atoms with E-state index < -0.39 is 9.84 Å². The second kappa shape index (κ2) is 3.23. The zero-order valence-electron chi connectivity index (χ0n) is 9.70. The quantitative estimate of drug-likeness (QED) is 0.718. The van der Waals surface area contributed by atoms with Gasteiger partial charge in [0.25, 0.3) is 5.56 Å². The lowest BCUT2D eigenvalue weighted by Crippen LogP contribution is -2.29. The van der Waals surface area contributed by atoms with E-state index in [0.717, 1.165) is 0 Å². The lowest BCUT2D eigenvalue weighted by molar-refractivity contribution is 0.344. The average Bonchev–Trinajstić information content (AvgIpc) is 2.40. The molecule has 1 aromatic heterocycles. The second-order valence-corrected chi connectivity index (χ2v) is 7.40. The number of nitrogens with zero attached hydrogens (tertiary/aromatic N) is 1. The summed E-state index contributed by atoms with van der Waals surface area (Å²) in [5, 5.41) is 2.73. The standard InChI is InChI=1S/C10H16N2O3S/c1-10(2,3)12-8-6-16(14,15)5-4-7(8)9(13)11-12/h4-6H2,1-3H3,(H,11,13). The molecular formula is C10H16N2O3S. The first-order valence-corrected chi connectivity index (χ1v) is 7.06. The third-order valence-corrected chi connectivity index (χ3v) is 4.34. The fourth-order valence-electron chi connectivity index (χ4n) is 2.02. The van der Waals surface area contributed by atoms with Gasteiger partial charge in [-0.05, 0) is 27.2 Å². The van der Waals surface area contributed by atoms with Gasteiger partial charge in [-0.1, -0.05) is 0 Å². The Labute approximate surface area is 94.4 Å². The molecule has 0 saturated carbocycles. The number of aromatic amines is 1. The van der Waals surface area contributed by atoms with E-state index in [1.54, 1.807) is 4.68 Å². The van der Waals surface area contributed by atoms with Crippen molar-refractivity contribution in [2.75, 3.05) is 5.75 Å². The summed E-state index contributed by atoms with van der Waals surface area (Å²) in [6, 6.07) is 0. The molecule has 5 nitrogen and oxygen atoms in total. The zero-order valence-corrected chi connectivity index (χ0v) is 10.5. The summed E-state index contributed by atoms with van der Waals surface area (Å²) in [6.07, 6.45) is 0.329. The van der Waals surface area contributed by atoms with Gasteiger partial charge in [0.05, 0.1) is 22.7 Å². The van der Waals surface area contributed by atoms with Gasteiger partial charge in [0, 0.05) is 5.56 Å². The fraction of sp³-hybridized carbons (Fsp3) is 0.700. The predicted molar refractivity (Wildman–Crippen MR) is 61.2 cm³/mol. The lowest BCUT2D eigenvalue weighted by atomic mass is 10.1. The van der Waals surface area contributed by atoms with Gasteiger partial charge in [0.2, 0.25) is 0 Å². The normalized spacial score (nSPS) is 19.4. The van der Waals surface area contributed by atoms with Crippen molar-refractivity contribution in [1.82, 2.24) is 9.78 Å². The molecule has 0 saturated heterocycles. The Morgan fingerprint density at radius 1 is 1.31 bits per heavy atom. The predicted octanol–water partition coefficient (Wildman–Crippen LogP) is 0.402. The topological polar surface area (TPSA) is 71.9 Å². The fourth-order valence-corrected chi connectivity index (χ4v) is 3.40. The molecule has 16 heavy (non-hydrogen) atoms. The van der Waals surface area contributed by atoms with Crippen LogP contribution in [0.3, 0.4) is 0 Å². The largest absolute Gasteiger partial charge is 0.283 e. The van der Waals surface area contributed by atoms with E-state index in [1.807, 2.05) is 20.8 Å². The van der Waals surface area contributed by atoms with E-state index in [1.165, 1.54) is 0 Å². The van der Waals surface area contributed by atoms with Crippen molar-refractivity contribution in [2.45, 2.75) is 38.5 Å². The minimum atomic E-state index is -3.05. The minimum Gasteiger partial charge on any atom is -0.283 e. The molecule has 0 fully saturated rings. The van der Waals surface area contributed by atoms with E-state index in [-0.39, 0.29) is 22.6 Å². The van der Waals surface area contributed by atoms with Gasteiger partial charge in [-0.2, -0.15) is 0 Å². The molecule has 0 atom stereocenters. The first-order chi connectivity index (χ1) is 7.21. The van der Waals surface area contributed by atoms with Crippen molar-refractivity contribution in [3.8, 4) is 0 Å². The number of fused-ring (bicyclic) bond motifs is 1. The molecule has 0 aliphatic carbocycles. The number of rotatable bonds is 0. The molecule has 0 spiro atoms. The molecule has 2 heterocycles. The number of hydrogen-bond acceptors (Lipinski definition) is 3. The summed E-state index contributed by atoms with van der Waals surface area (Å²) >= 11 is 0. The summed E-state index contributed by atoms with van der Waals surface area (Å²) < 4.78 is 24.8. The Balaban J connectivity index is 2.65. The van der Waals surface area contributed by atoms with Gasteiger partial charge in [-0.3, -0.25) is 14.6 Å². The molecule has 2 rings (SSSR count). The molecule has 1 aromatic rings. The Bertz CT molecular complexity index is 572. The maximum Gasteiger partial charge on any atom is 0.267 e. The number of nitrogens with one attached hydrogen (secondary N) is 1. The Morgan fingerprint density at radius 2 is 1.94 bits per heavy atom. The molecular weight excluding hydrogens is 228 g/mol. The monoisotopic (exact) mass is 244 g/mol. The summed E-state index contributed by atoms with van der Waals surface area (Å²) in [5.41, 5.74) is 0.799. The number of aromatic nitrogens is 2. The molecule has 0 unspecified atom stereocenters. The van der Waals surface area contributed by atoms with E-state index in [9.17, 15) is 13.2 Å². The second-order valence-electron chi connectivity index (χ2n) is 5.21. The summed E-state index contributed by atoms with van der Waals surface area (Å²) in [6.45, 7) is 5.80. The molecule has 1 N–H and O–H groups in total. The van der Waals surface area contributed by atoms with Crippen LogP contribution in [0.5, 0.6) is 0 Å². The molecule has 0 radical (unpaired) electrons. The van der Waals surface area contributed by atoms with Crippen molar-refractivity contribution in [3.05, 3.63) is 21.6 Å². The molecule has 0 aromatic carbocycles. The van der Waals surface area contributed by atoms with Crippen LogP contribution in [0.25, 0.3) is 0 Å². The summed E-state index contributed by atoms with van der Waals surface area (Å²) in [4.78, 5) is 11.7. The van der Waals surface area contributed by atoms with Crippen molar-refractivity contribution in [3.63, 3.8) is 0 Å². The third-order valence-electron chi connectivity index (χ3n) is 2.80. The van der Waals surface area contributed by atoms with Crippen LogP contribution in [0.1, 0.15) is 32.0 Å². The van der Waals surface area contributed by atoms with E-state index in [0.29, 0.717) is 17.7 Å². The lowest BCUT2D eigenvalue weighted by Gasteiger charge is -2.25. The third kappa shape index (κ3) is 1.81. The first-order valence-electron chi connectivity index (χ1n) is 5.24. The number of H-pyrrole nitrogens is 1. The Morgan fingerprint density at radius 3 is 2.50 bits per heavy atom. The van der Waals surface area contributed by atoms with Gasteiger partial charge in [0.1, 0.15) is 0 Å². The molecule has 6 heteroatoms. The zero-order chi connectivity index (χ0) is 12.1. The summed E-state index contributed by atoms with van der Waals surface area (Å²) in [5.74, 6) is 0.0512. The van der Waals surface area contributed by atoms with Gasteiger partial charge < -0.3 is 0 Å². The van der Waals surface area contributed by atoms with Gasteiger partial charge in [0.15, 0.2) is 9.84 Å². The van der Waals surface area contributed by atoms with E-state index in [4.69, 9.17) is 0 Å². The van der Waals surface area contributed by atoms with Crippen LogP contribution in [0.2, 0.25) is 0 Å². The highest BCUT2D eigenvalue weighted by atomic mass is 32.2. The van der Waals surface area contributed by atoms with Crippen LogP contribution < -0.4 is 5.56 Å². The number of sulfone groups is 1. The van der Waals surface area contributed by atoms with Crippen LogP contribution >= 0.6 is 0 Å². The summed E-state index contributed by atoms with van der Waals surface area (Å²) in [7, 11) is -3.05. The Hall–Kier alpha value is -1.04. The van der Waals surface area contributed by atoms with Gasteiger partial charge in [-0.25, -0.2) is 8.42 Å². The van der Waals surface area contributed by atoms with Gasteiger partial charge in [-0.15, -0.1) is 0 Å². The highest BCUT2D eigenvalue weighted by molar-refractivity contribution is 7.90. The molecule has 0 bridgehead atoms. The number of hydrogen-bond donors (Lipinski definition) is 1. The minimum absolute atomic E-state index is 0.0294. The smallest absolute Gasteiger partial charge is 0.267 e. The van der Waals surface area contributed by atoms with Crippen molar-refractivity contribution < 1.29 is 8.42 Å². The van der Waals surface area contributed by atoms with Crippen molar-refractivity contribution >= 4 is 9.84 Å². The highest BCUT2D eigenvalue weighted by Crippen LogP contribution is 2.23. The Kier molecular flexibility index (Phi) is 2.31. The maximum atomic E-state index is 11.7. The van der Waals surface area contributed by atoms with Crippen molar-refractivity contribution in [1.29, 1.82) is 0 Å². The highest BCUT2D eigenvalue weighted by Gasteiger charge is 2.30. The molecule has 1 aliphatic rings. The van der Waals surface area contributed by atoms with Crippen LogP contribution in [0, 0.1) is 0 Å². The van der Waals surface area contributed by atoms with Crippen LogP contribution in [0.15, 0.2) is 4.79 Å². The molecule has 1 aliphatic heterocycles. The molecule has 0 amide bonds. The average molecular weight is 244 g/mol. The molecule has 90 valence electrons. The van der Waals surface area contributed by atoms with E-state index >= 15 is 0 Å². The van der Waals surface area contributed by atoms with Gasteiger partial charge >= 0.3 is 0 Å². The first kappa shape index (κ1) is 11.4. The maximum absolute atomic E-state index is 11.7. The van der Waals surface area contributed by atoms with Crippen molar-refractivity contribution in [2.24, 2.45) is 0 Å². The van der Waals surface area contributed by atoms with Crippen LogP contribution in [0.4, 0.5) is 0 Å². The SMILES string of the molecule is CC(C)(C)n1[nH]c(=O)c2c1CS(=O)(=O)CC2. The van der Waals surface area contributed by atoms with Crippen LogP contribution in [-0.4, -0.2) is 24.0 Å².